The third-order valence-electron chi connectivity index (χ3n) is 3.36. The maximum Gasteiger partial charge on any atom is 0.00965 e. The van der Waals surface area contributed by atoms with E-state index in [4.69, 9.17) is 0 Å². The zero-order valence-electron chi connectivity index (χ0n) is 12.4. The van der Waals surface area contributed by atoms with Crippen molar-refractivity contribution < 1.29 is 0 Å². The van der Waals surface area contributed by atoms with E-state index in [9.17, 15) is 0 Å². The van der Waals surface area contributed by atoms with Gasteiger partial charge in [-0.15, -0.1) is 0 Å². The first-order valence-corrected chi connectivity index (χ1v) is 7.27. The first-order valence-electron chi connectivity index (χ1n) is 7.27. The van der Waals surface area contributed by atoms with E-state index >= 15 is 0 Å². The van der Waals surface area contributed by atoms with Crippen LogP contribution < -0.4 is 5.32 Å². The lowest BCUT2D eigenvalue weighted by atomic mass is 10.0. The van der Waals surface area contributed by atoms with E-state index < -0.39 is 0 Å². The summed E-state index contributed by atoms with van der Waals surface area (Å²) in [5.74, 6) is 0. The van der Waals surface area contributed by atoms with E-state index in [0.29, 0.717) is 0 Å². The molecule has 102 valence electrons. The highest BCUT2D eigenvalue weighted by Crippen LogP contribution is 2.16. The Balaban J connectivity index is 1.82. The molecule has 0 aliphatic rings. The molecule has 1 nitrogen and oxygen atoms in total. The van der Waals surface area contributed by atoms with Crippen LogP contribution in [-0.4, -0.2) is 12.1 Å². The summed E-state index contributed by atoms with van der Waals surface area (Å²) >= 11 is 0. The summed E-state index contributed by atoms with van der Waals surface area (Å²) in [7, 11) is 0. The van der Waals surface area contributed by atoms with Crippen molar-refractivity contribution in [2.45, 2.75) is 45.6 Å². The summed E-state index contributed by atoms with van der Waals surface area (Å²) in [4.78, 5) is 0. The quantitative estimate of drug-likeness (QED) is 0.773. The topological polar surface area (TPSA) is 12.0 Å². The van der Waals surface area contributed by atoms with Crippen molar-refractivity contribution >= 4 is 10.8 Å². The van der Waals surface area contributed by atoms with Crippen molar-refractivity contribution in [3.63, 3.8) is 0 Å². The minimum atomic E-state index is 0.239. The maximum atomic E-state index is 3.54. The fourth-order valence-corrected chi connectivity index (χ4v) is 2.31. The zero-order valence-corrected chi connectivity index (χ0v) is 12.4. The molecule has 1 N–H and O–H groups in total. The predicted molar refractivity (Wildman–Crippen MR) is 84.6 cm³/mol. The third-order valence-corrected chi connectivity index (χ3v) is 3.36. The second-order valence-corrected chi connectivity index (χ2v) is 6.32. The first kappa shape index (κ1) is 14.1. The second kappa shape index (κ2) is 6.21. The molecule has 0 bridgehead atoms. The fraction of sp³-hybridized carbons (Fsp3) is 0.444. The SMILES string of the molecule is CC(C)(C)NCCCCc1ccc2ccccc2c1. The molecule has 0 saturated heterocycles. The number of rotatable bonds is 5. The number of benzene rings is 2. The van der Waals surface area contributed by atoms with Gasteiger partial charge < -0.3 is 5.32 Å². The molecule has 19 heavy (non-hydrogen) atoms. The van der Waals surface area contributed by atoms with Gasteiger partial charge in [0.05, 0.1) is 0 Å². The van der Waals surface area contributed by atoms with Crippen LogP contribution in [0.1, 0.15) is 39.2 Å². The summed E-state index contributed by atoms with van der Waals surface area (Å²) in [5, 5.41) is 6.23. The van der Waals surface area contributed by atoms with Crippen LogP contribution in [0, 0.1) is 0 Å². The average molecular weight is 255 g/mol. The van der Waals surface area contributed by atoms with Crippen molar-refractivity contribution in [1.82, 2.24) is 5.32 Å². The molecule has 2 rings (SSSR count). The highest BCUT2D eigenvalue weighted by atomic mass is 14.9. The van der Waals surface area contributed by atoms with E-state index in [2.05, 4.69) is 68.6 Å². The molecule has 1 heteroatoms. The molecule has 0 aliphatic heterocycles. The number of hydrogen-bond acceptors (Lipinski definition) is 1. The minimum Gasteiger partial charge on any atom is -0.312 e. The van der Waals surface area contributed by atoms with Gasteiger partial charge in [0.1, 0.15) is 0 Å². The molecule has 0 radical (unpaired) electrons. The van der Waals surface area contributed by atoms with Gasteiger partial charge in [-0.25, -0.2) is 0 Å². The smallest absolute Gasteiger partial charge is 0.00965 e. The standard InChI is InChI=1S/C18H25N/c1-18(2,3)19-13-7-6-8-15-11-12-16-9-4-5-10-17(16)14-15/h4-5,9-12,14,19H,6-8,13H2,1-3H3. The monoisotopic (exact) mass is 255 g/mol. The Labute approximate surface area is 117 Å². The van der Waals surface area contributed by atoms with Gasteiger partial charge in [0.25, 0.3) is 0 Å². The highest BCUT2D eigenvalue weighted by Gasteiger charge is 2.06. The van der Waals surface area contributed by atoms with Crippen molar-refractivity contribution in [3.8, 4) is 0 Å². The van der Waals surface area contributed by atoms with Gasteiger partial charge >= 0.3 is 0 Å². The molecule has 0 aromatic heterocycles. The van der Waals surface area contributed by atoms with Gasteiger partial charge in [0.15, 0.2) is 0 Å². The van der Waals surface area contributed by atoms with E-state index in [0.717, 1.165) is 6.54 Å². The van der Waals surface area contributed by atoms with Crippen LogP contribution in [0.4, 0.5) is 0 Å². The Kier molecular flexibility index (Phi) is 4.60. The molecule has 0 amide bonds. The Bertz CT molecular complexity index is 522. The van der Waals surface area contributed by atoms with Crippen LogP contribution >= 0.6 is 0 Å². The lowest BCUT2D eigenvalue weighted by molar-refractivity contribution is 0.419. The Morgan fingerprint density at radius 1 is 0.895 bits per heavy atom. The average Bonchev–Trinajstić information content (AvgIpc) is 2.37. The van der Waals surface area contributed by atoms with Crippen LogP contribution in [0.25, 0.3) is 10.8 Å². The Morgan fingerprint density at radius 3 is 2.37 bits per heavy atom. The Morgan fingerprint density at radius 2 is 1.63 bits per heavy atom. The molecule has 0 aliphatic carbocycles. The van der Waals surface area contributed by atoms with Gasteiger partial charge in [0, 0.05) is 5.54 Å². The molecule has 0 heterocycles. The molecular weight excluding hydrogens is 230 g/mol. The summed E-state index contributed by atoms with van der Waals surface area (Å²) in [6, 6.07) is 15.4. The van der Waals surface area contributed by atoms with Crippen LogP contribution in [0.15, 0.2) is 42.5 Å². The van der Waals surface area contributed by atoms with E-state index in [1.54, 1.807) is 0 Å². The summed E-state index contributed by atoms with van der Waals surface area (Å²) in [6.07, 6.45) is 3.67. The number of aryl methyl sites for hydroxylation is 1. The highest BCUT2D eigenvalue weighted by molar-refractivity contribution is 5.82. The van der Waals surface area contributed by atoms with E-state index in [1.165, 1.54) is 35.6 Å². The van der Waals surface area contributed by atoms with Crippen molar-refractivity contribution in [2.24, 2.45) is 0 Å². The van der Waals surface area contributed by atoms with Gasteiger partial charge in [-0.2, -0.15) is 0 Å². The largest absolute Gasteiger partial charge is 0.312 e. The molecule has 0 fully saturated rings. The second-order valence-electron chi connectivity index (χ2n) is 6.32. The number of fused-ring (bicyclic) bond motifs is 1. The summed E-state index contributed by atoms with van der Waals surface area (Å²) in [5.41, 5.74) is 1.69. The van der Waals surface area contributed by atoms with Gasteiger partial charge in [-0.1, -0.05) is 42.5 Å². The number of nitrogens with one attached hydrogen (secondary N) is 1. The molecule has 0 spiro atoms. The maximum absolute atomic E-state index is 3.54. The number of unbranched alkanes of at least 4 members (excludes halogenated alkanes) is 1. The lowest BCUT2D eigenvalue weighted by Gasteiger charge is -2.20. The molecule has 0 unspecified atom stereocenters. The Hall–Kier alpha value is -1.34. The van der Waals surface area contributed by atoms with E-state index in [1.807, 2.05) is 0 Å². The molecule has 0 atom stereocenters. The summed E-state index contributed by atoms with van der Waals surface area (Å²) < 4.78 is 0. The van der Waals surface area contributed by atoms with Crippen LogP contribution in [0.5, 0.6) is 0 Å². The van der Waals surface area contributed by atoms with Crippen LogP contribution in [-0.2, 0) is 6.42 Å². The van der Waals surface area contributed by atoms with Crippen molar-refractivity contribution in [1.29, 1.82) is 0 Å². The van der Waals surface area contributed by atoms with Crippen LogP contribution in [0.2, 0.25) is 0 Å². The van der Waals surface area contributed by atoms with Crippen LogP contribution in [0.3, 0.4) is 0 Å². The lowest BCUT2D eigenvalue weighted by Crippen LogP contribution is -2.36. The van der Waals surface area contributed by atoms with Gasteiger partial charge in [-0.3, -0.25) is 0 Å². The molecular formula is C18H25N. The number of hydrogen-bond donors (Lipinski definition) is 1. The van der Waals surface area contributed by atoms with E-state index in [-0.39, 0.29) is 5.54 Å². The normalized spacial score (nSPS) is 11.9. The zero-order chi connectivity index (χ0) is 13.7. The molecule has 2 aromatic carbocycles. The third kappa shape index (κ3) is 4.68. The first-order chi connectivity index (χ1) is 9.04. The van der Waals surface area contributed by atoms with Gasteiger partial charge in [-0.05, 0) is 62.9 Å². The minimum absolute atomic E-state index is 0.239. The predicted octanol–water partition coefficient (Wildman–Crippen LogP) is 4.55. The molecule has 0 saturated carbocycles. The summed E-state index contributed by atoms with van der Waals surface area (Å²) in [6.45, 7) is 7.76. The molecule has 2 aromatic rings. The van der Waals surface area contributed by atoms with Crippen molar-refractivity contribution in [3.05, 3.63) is 48.0 Å². The fourth-order valence-electron chi connectivity index (χ4n) is 2.31. The van der Waals surface area contributed by atoms with Crippen molar-refractivity contribution in [2.75, 3.05) is 6.54 Å². The van der Waals surface area contributed by atoms with Gasteiger partial charge in [0.2, 0.25) is 0 Å².